The molecule has 0 heterocycles. The summed E-state index contributed by atoms with van der Waals surface area (Å²) < 4.78 is 0. The van der Waals surface area contributed by atoms with E-state index in [2.05, 4.69) is 0 Å². The molecule has 3 heteroatoms. The van der Waals surface area contributed by atoms with E-state index in [4.69, 9.17) is 0 Å². The Kier molecular flexibility index (Phi) is 3.73. The second-order valence-corrected chi connectivity index (χ2v) is 8.09. The molecule has 148 valence electrons. The van der Waals surface area contributed by atoms with Gasteiger partial charge in [-0.3, -0.25) is 9.59 Å². The Hall–Kier alpha value is -3.46. The number of hydrogen-bond acceptors (Lipinski definition) is 3. The molecule has 1 N–H and O–H groups in total. The van der Waals surface area contributed by atoms with Crippen LogP contribution in [-0.2, 0) is 0 Å². The molecule has 0 fully saturated rings. The van der Waals surface area contributed by atoms with E-state index in [1.54, 1.807) is 0 Å². The number of benzene rings is 6. The van der Waals surface area contributed by atoms with Crippen molar-refractivity contribution in [2.45, 2.75) is 34.6 Å². The summed E-state index contributed by atoms with van der Waals surface area (Å²) in [6.45, 7) is 9.78. The van der Waals surface area contributed by atoms with Gasteiger partial charge in [0.15, 0.2) is 10.9 Å². The van der Waals surface area contributed by atoms with Crippen LogP contribution in [0.2, 0.25) is 0 Å². The lowest BCUT2D eigenvalue weighted by atomic mass is 9.79. The number of aryl methyl sites for hydroxylation is 3. The standard InChI is InChI=1S/C25H16O3.C2H6/c1-10-4-13-19-14(5-10)24(27)16-7-12(3)9-18-21(16)22(19)20-15(23(13)26)6-11(2)8-17(20)25(18)28;1-2/h4-9,26H,1-3H3;1-2H3. The van der Waals surface area contributed by atoms with Gasteiger partial charge in [-0.25, -0.2) is 0 Å². The minimum Gasteiger partial charge on any atom is -0.507 e. The molecule has 2 aliphatic rings. The van der Waals surface area contributed by atoms with Crippen molar-refractivity contribution < 1.29 is 5.11 Å². The summed E-state index contributed by atoms with van der Waals surface area (Å²) in [5, 5.41) is 16.4. The van der Waals surface area contributed by atoms with E-state index >= 15 is 0 Å². The van der Waals surface area contributed by atoms with Crippen LogP contribution in [0.25, 0.3) is 54.2 Å². The van der Waals surface area contributed by atoms with Crippen molar-refractivity contribution >= 4 is 43.1 Å². The summed E-state index contributed by atoms with van der Waals surface area (Å²) >= 11 is 0. The number of phenolic OH excluding ortho intramolecular Hbond substituents is 1. The summed E-state index contributed by atoms with van der Waals surface area (Å²) in [6, 6.07) is 11.4. The predicted molar refractivity (Wildman–Crippen MR) is 126 cm³/mol. The molecule has 0 saturated carbocycles. The quantitative estimate of drug-likeness (QED) is 0.250. The van der Waals surface area contributed by atoms with Crippen molar-refractivity contribution in [3.05, 3.63) is 73.5 Å². The molecule has 0 unspecified atom stereocenters. The molecule has 0 saturated heterocycles. The average molecular weight is 394 g/mol. The fourth-order valence-corrected chi connectivity index (χ4v) is 5.07. The lowest BCUT2D eigenvalue weighted by molar-refractivity contribution is 0.488. The van der Waals surface area contributed by atoms with E-state index < -0.39 is 0 Å². The fraction of sp³-hybridized carbons (Fsp3) is 0.185. The lowest BCUT2D eigenvalue weighted by Crippen LogP contribution is -2.14. The molecule has 0 spiro atoms. The number of rotatable bonds is 0. The summed E-state index contributed by atoms with van der Waals surface area (Å²) in [4.78, 5) is 26.8. The minimum absolute atomic E-state index is 0.0803. The number of aromatic hydroxyl groups is 1. The van der Waals surface area contributed by atoms with Gasteiger partial charge in [0.25, 0.3) is 0 Å². The van der Waals surface area contributed by atoms with Gasteiger partial charge in [-0.15, -0.1) is 0 Å². The second kappa shape index (κ2) is 6.02. The van der Waals surface area contributed by atoms with E-state index in [0.717, 1.165) is 38.6 Å². The Morgan fingerprint density at radius 2 is 0.867 bits per heavy atom. The van der Waals surface area contributed by atoms with Crippen LogP contribution in [0.1, 0.15) is 30.5 Å². The van der Waals surface area contributed by atoms with Crippen LogP contribution < -0.4 is 10.9 Å². The molecule has 0 radical (unpaired) electrons. The Labute approximate surface area is 173 Å². The molecule has 0 bridgehead atoms. The molecular weight excluding hydrogens is 372 g/mol. The third-order valence-electron chi connectivity index (χ3n) is 6.09. The molecule has 0 amide bonds. The van der Waals surface area contributed by atoms with Crippen molar-refractivity contribution in [3.8, 4) is 16.9 Å². The molecule has 30 heavy (non-hydrogen) atoms. The van der Waals surface area contributed by atoms with Crippen LogP contribution >= 0.6 is 0 Å². The van der Waals surface area contributed by atoms with Crippen molar-refractivity contribution in [1.29, 1.82) is 0 Å². The average Bonchev–Trinajstić information content (AvgIpc) is 2.73. The van der Waals surface area contributed by atoms with Gasteiger partial charge >= 0.3 is 0 Å². The van der Waals surface area contributed by atoms with Gasteiger partial charge in [0, 0.05) is 54.2 Å². The van der Waals surface area contributed by atoms with Crippen LogP contribution in [0.4, 0.5) is 0 Å². The van der Waals surface area contributed by atoms with Crippen LogP contribution in [0, 0.1) is 20.8 Å². The maximum absolute atomic E-state index is 13.4. The zero-order valence-corrected chi connectivity index (χ0v) is 17.7. The second-order valence-electron chi connectivity index (χ2n) is 8.09. The van der Waals surface area contributed by atoms with Crippen molar-refractivity contribution in [1.82, 2.24) is 0 Å². The number of hydrogen-bond donors (Lipinski definition) is 1. The first kappa shape index (κ1) is 18.6. The van der Waals surface area contributed by atoms with Crippen LogP contribution in [0.5, 0.6) is 5.75 Å². The minimum atomic E-state index is -0.0803. The molecule has 4 aromatic rings. The zero-order chi connectivity index (χ0) is 21.5. The summed E-state index contributed by atoms with van der Waals surface area (Å²) in [5.41, 5.74) is 4.23. The van der Waals surface area contributed by atoms with Crippen molar-refractivity contribution in [2.75, 3.05) is 0 Å². The smallest absolute Gasteiger partial charge is 0.194 e. The van der Waals surface area contributed by atoms with E-state index in [-0.39, 0.29) is 16.6 Å². The zero-order valence-electron chi connectivity index (χ0n) is 17.7. The van der Waals surface area contributed by atoms with Gasteiger partial charge in [0.1, 0.15) is 5.75 Å². The third kappa shape index (κ3) is 2.10. The molecule has 3 nitrogen and oxygen atoms in total. The monoisotopic (exact) mass is 394 g/mol. The van der Waals surface area contributed by atoms with Gasteiger partial charge in [0.2, 0.25) is 0 Å². The van der Waals surface area contributed by atoms with Gasteiger partial charge in [-0.05, 0) is 73.9 Å². The van der Waals surface area contributed by atoms with Crippen LogP contribution in [0.3, 0.4) is 0 Å². The molecule has 4 aromatic carbocycles. The van der Waals surface area contributed by atoms with Gasteiger partial charge in [-0.1, -0.05) is 13.8 Å². The van der Waals surface area contributed by atoms with Crippen LogP contribution in [0.15, 0.2) is 46.0 Å². The third-order valence-corrected chi connectivity index (χ3v) is 6.09. The molecule has 2 aliphatic carbocycles. The van der Waals surface area contributed by atoms with Crippen molar-refractivity contribution in [2.24, 2.45) is 0 Å². The summed E-state index contributed by atoms with van der Waals surface area (Å²) in [5.74, 6) is 0.142. The van der Waals surface area contributed by atoms with E-state index in [9.17, 15) is 14.7 Å². The Morgan fingerprint density at radius 3 is 1.27 bits per heavy atom. The van der Waals surface area contributed by atoms with E-state index in [1.807, 2.05) is 71.0 Å². The highest BCUT2D eigenvalue weighted by Crippen LogP contribution is 2.49. The first-order chi connectivity index (χ1) is 14.4. The fourth-order valence-electron chi connectivity index (χ4n) is 5.07. The first-order valence-electron chi connectivity index (χ1n) is 10.3. The highest BCUT2D eigenvalue weighted by atomic mass is 16.3. The highest BCUT2D eigenvalue weighted by molar-refractivity contribution is 6.32. The molecule has 0 aliphatic heterocycles. The van der Waals surface area contributed by atoms with Gasteiger partial charge in [-0.2, -0.15) is 0 Å². The van der Waals surface area contributed by atoms with Crippen LogP contribution in [-0.4, -0.2) is 5.11 Å². The van der Waals surface area contributed by atoms with Gasteiger partial charge in [0.05, 0.1) is 0 Å². The number of phenols is 1. The topological polar surface area (TPSA) is 54.4 Å². The van der Waals surface area contributed by atoms with E-state index in [1.165, 1.54) is 0 Å². The molecule has 0 aromatic heterocycles. The van der Waals surface area contributed by atoms with Gasteiger partial charge < -0.3 is 5.11 Å². The molecule has 0 atom stereocenters. The largest absolute Gasteiger partial charge is 0.507 e. The normalized spacial score (nSPS) is 11.9. The van der Waals surface area contributed by atoms with E-state index in [0.29, 0.717) is 32.3 Å². The lowest BCUT2D eigenvalue weighted by Gasteiger charge is -2.23. The Bertz CT molecular complexity index is 1560. The SMILES string of the molecule is CC.Cc1cc2c3c(c1)c(=O)c1cc(C)cc4c(O)c5cc(C)cc(c2=O)c5c-3c41. The maximum Gasteiger partial charge on any atom is 0.194 e. The summed E-state index contributed by atoms with van der Waals surface area (Å²) in [7, 11) is 0. The Balaban J connectivity index is 0.000000937. The first-order valence-corrected chi connectivity index (χ1v) is 10.3. The van der Waals surface area contributed by atoms with Crippen molar-refractivity contribution in [3.63, 3.8) is 0 Å². The molecular formula is C27H22O3. The highest BCUT2D eigenvalue weighted by Gasteiger charge is 2.28. The molecule has 6 rings (SSSR count). The maximum atomic E-state index is 13.4. The predicted octanol–water partition coefficient (Wildman–Crippen LogP) is 6.10. The summed E-state index contributed by atoms with van der Waals surface area (Å²) in [6.07, 6.45) is 0. The Morgan fingerprint density at radius 1 is 0.533 bits per heavy atom.